The summed E-state index contributed by atoms with van der Waals surface area (Å²) >= 11 is 0. The van der Waals surface area contributed by atoms with Crippen LogP contribution in [0.4, 0.5) is 4.79 Å². The second-order valence-electron chi connectivity index (χ2n) is 10.1. The molecule has 7 nitrogen and oxygen atoms in total. The molecule has 3 aromatic carbocycles. The van der Waals surface area contributed by atoms with E-state index in [9.17, 15) is 9.59 Å². The Morgan fingerprint density at radius 1 is 1.00 bits per heavy atom. The summed E-state index contributed by atoms with van der Waals surface area (Å²) in [5.41, 5.74) is 1.56. The summed E-state index contributed by atoms with van der Waals surface area (Å²) in [4.78, 5) is 25.3. The molecule has 0 spiro atoms. The average molecular weight is 492 g/mol. The summed E-state index contributed by atoms with van der Waals surface area (Å²) in [5, 5.41) is 11.2. The Kier molecular flexibility index (Phi) is 7.79. The van der Waals surface area contributed by atoms with E-state index in [0.717, 1.165) is 22.9 Å². The smallest absolute Gasteiger partial charge is 0.410 e. The van der Waals surface area contributed by atoms with Gasteiger partial charge in [0.1, 0.15) is 11.4 Å². The van der Waals surface area contributed by atoms with Crippen LogP contribution in [-0.4, -0.2) is 53.5 Å². The standard InChI is InChI=1S/C29H33NO6/c1-29(2,3)36-28(33)30-15-14-25(22-10-12-24(13-11-22)34-19-27(31)32)26(17-30)35-18-20-8-9-21-6-4-5-7-23(21)16-20/h4-13,16,25-26H,14-15,17-19H2,1-3H3,(H,31,32). The number of piperidine rings is 1. The lowest BCUT2D eigenvalue weighted by molar-refractivity contribution is -0.139. The first kappa shape index (κ1) is 25.5. The van der Waals surface area contributed by atoms with Crippen LogP contribution in [0.5, 0.6) is 5.75 Å². The molecule has 1 N–H and O–H groups in total. The van der Waals surface area contributed by atoms with Crippen molar-refractivity contribution >= 4 is 22.8 Å². The fraction of sp³-hybridized carbons (Fsp3) is 0.379. The Balaban J connectivity index is 1.50. The number of benzene rings is 3. The Morgan fingerprint density at radius 3 is 2.42 bits per heavy atom. The summed E-state index contributed by atoms with van der Waals surface area (Å²) in [6.07, 6.45) is 0.151. The number of carboxylic acids is 1. The number of rotatable bonds is 7. The first-order chi connectivity index (χ1) is 17.2. The van der Waals surface area contributed by atoms with Gasteiger partial charge in [-0.1, -0.05) is 48.5 Å². The Labute approximate surface area is 211 Å². The van der Waals surface area contributed by atoms with Crippen molar-refractivity contribution in [3.05, 3.63) is 77.9 Å². The first-order valence-electron chi connectivity index (χ1n) is 12.2. The highest BCUT2D eigenvalue weighted by Crippen LogP contribution is 2.33. The van der Waals surface area contributed by atoms with Gasteiger partial charge in [-0.3, -0.25) is 0 Å². The van der Waals surface area contributed by atoms with E-state index in [2.05, 4.69) is 30.3 Å². The molecule has 2 unspecified atom stereocenters. The molecule has 1 aliphatic rings. The molecule has 7 heteroatoms. The number of carbonyl (C=O) groups is 2. The van der Waals surface area contributed by atoms with E-state index in [-0.39, 0.29) is 24.7 Å². The summed E-state index contributed by atoms with van der Waals surface area (Å²) in [6.45, 7) is 6.61. The first-order valence-corrected chi connectivity index (χ1v) is 12.2. The van der Waals surface area contributed by atoms with Crippen molar-refractivity contribution in [2.24, 2.45) is 0 Å². The maximum Gasteiger partial charge on any atom is 0.410 e. The van der Waals surface area contributed by atoms with Crippen LogP contribution >= 0.6 is 0 Å². The van der Waals surface area contributed by atoms with Gasteiger partial charge in [0.15, 0.2) is 6.61 Å². The lowest BCUT2D eigenvalue weighted by Gasteiger charge is -2.39. The monoisotopic (exact) mass is 491 g/mol. The maximum atomic E-state index is 12.8. The van der Waals surface area contributed by atoms with Gasteiger partial charge in [0.2, 0.25) is 0 Å². The van der Waals surface area contributed by atoms with E-state index in [4.69, 9.17) is 19.3 Å². The number of fused-ring (bicyclic) bond motifs is 1. The molecule has 0 aliphatic carbocycles. The van der Waals surface area contributed by atoms with Crippen molar-refractivity contribution in [3.8, 4) is 5.75 Å². The van der Waals surface area contributed by atoms with Crippen LogP contribution in [0.15, 0.2) is 66.7 Å². The molecule has 1 aliphatic heterocycles. The zero-order valence-electron chi connectivity index (χ0n) is 21.0. The van der Waals surface area contributed by atoms with Crippen LogP contribution in [0.25, 0.3) is 10.8 Å². The van der Waals surface area contributed by atoms with Crippen LogP contribution in [0.1, 0.15) is 44.2 Å². The second-order valence-corrected chi connectivity index (χ2v) is 10.1. The number of aliphatic carboxylic acids is 1. The van der Waals surface area contributed by atoms with Crippen molar-refractivity contribution in [1.29, 1.82) is 0 Å². The zero-order chi connectivity index (χ0) is 25.7. The minimum Gasteiger partial charge on any atom is -0.482 e. The molecule has 1 amide bonds. The number of likely N-dealkylation sites (tertiary alicyclic amines) is 1. The largest absolute Gasteiger partial charge is 0.482 e. The zero-order valence-corrected chi connectivity index (χ0v) is 21.0. The van der Waals surface area contributed by atoms with Crippen molar-refractivity contribution in [2.75, 3.05) is 19.7 Å². The molecule has 0 aromatic heterocycles. The van der Waals surface area contributed by atoms with E-state index in [1.807, 2.05) is 45.0 Å². The number of hydrogen-bond acceptors (Lipinski definition) is 5. The molecule has 1 fully saturated rings. The van der Waals surface area contributed by atoms with E-state index < -0.39 is 11.6 Å². The summed E-state index contributed by atoms with van der Waals surface area (Å²) in [5.74, 6) is -0.450. The van der Waals surface area contributed by atoms with Gasteiger partial charge in [-0.2, -0.15) is 0 Å². The van der Waals surface area contributed by atoms with Crippen molar-refractivity contribution in [3.63, 3.8) is 0 Å². The highest BCUT2D eigenvalue weighted by molar-refractivity contribution is 5.82. The predicted molar refractivity (Wildman–Crippen MR) is 137 cm³/mol. The number of ether oxygens (including phenoxy) is 3. The third-order valence-corrected chi connectivity index (χ3v) is 6.16. The molecular formula is C29H33NO6. The molecule has 0 bridgehead atoms. The normalized spacial score (nSPS) is 18.1. The van der Waals surface area contributed by atoms with Gasteiger partial charge in [-0.15, -0.1) is 0 Å². The maximum absolute atomic E-state index is 12.8. The van der Waals surface area contributed by atoms with E-state index in [1.54, 1.807) is 17.0 Å². The number of carbonyl (C=O) groups excluding carboxylic acids is 1. The van der Waals surface area contributed by atoms with E-state index in [1.165, 1.54) is 5.39 Å². The Hall–Kier alpha value is -3.58. The van der Waals surface area contributed by atoms with Crippen molar-refractivity contribution < 1.29 is 28.9 Å². The Bertz CT molecular complexity index is 1200. The lowest BCUT2D eigenvalue weighted by Crippen LogP contribution is -2.48. The lowest BCUT2D eigenvalue weighted by atomic mass is 9.87. The third kappa shape index (κ3) is 6.76. The molecule has 2 atom stereocenters. The highest BCUT2D eigenvalue weighted by Gasteiger charge is 2.35. The molecule has 4 rings (SSSR count). The summed E-state index contributed by atoms with van der Waals surface area (Å²) in [6, 6.07) is 21.9. The molecule has 190 valence electrons. The molecular weight excluding hydrogens is 458 g/mol. The average Bonchev–Trinajstić information content (AvgIpc) is 2.85. The van der Waals surface area contributed by atoms with Gasteiger partial charge in [0.05, 0.1) is 19.3 Å². The van der Waals surface area contributed by atoms with Crippen LogP contribution in [-0.2, 0) is 20.9 Å². The van der Waals surface area contributed by atoms with Gasteiger partial charge in [-0.25, -0.2) is 9.59 Å². The third-order valence-electron chi connectivity index (χ3n) is 6.16. The molecule has 36 heavy (non-hydrogen) atoms. The fourth-order valence-electron chi connectivity index (χ4n) is 4.45. The van der Waals surface area contributed by atoms with Crippen LogP contribution in [0.2, 0.25) is 0 Å². The Morgan fingerprint density at radius 2 is 1.72 bits per heavy atom. The van der Waals surface area contributed by atoms with E-state index >= 15 is 0 Å². The van der Waals surface area contributed by atoms with Gasteiger partial charge in [0, 0.05) is 12.5 Å². The molecule has 3 aromatic rings. The minimum absolute atomic E-state index is 0.0673. The second kappa shape index (κ2) is 11.0. The van der Waals surface area contributed by atoms with Crippen molar-refractivity contribution in [1.82, 2.24) is 4.90 Å². The molecule has 0 saturated carbocycles. The topological polar surface area (TPSA) is 85.3 Å². The van der Waals surface area contributed by atoms with Crippen LogP contribution in [0, 0.1) is 0 Å². The summed E-state index contributed by atoms with van der Waals surface area (Å²) < 4.78 is 17.3. The SMILES string of the molecule is CC(C)(C)OC(=O)N1CCC(c2ccc(OCC(=O)O)cc2)C(OCc2ccc3ccccc3c2)C1. The van der Waals surface area contributed by atoms with Gasteiger partial charge < -0.3 is 24.2 Å². The van der Waals surface area contributed by atoms with E-state index in [0.29, 0.717) is 25.4 Å². The van der Waals surface area contributed by atoms with Crippen LogP contribution in [0.3, 0.4) is 0 Å². The van der Waals surface area contributed by atoms with Gasteiger partial charge in [0.25, 0.3) is 0 Å². The van der Waals surface area contributed by atoms with Gasteiger partial charge in [-0.05, 0) is 67.3 Å². The summed E-state index contributed by atoms with van der Waals surface area (Å²) in [7, 11) is 0. The molecule has 1 saturated heterocycles. The predicted octanol–water partition coefficient (Wildman–Crippen LogP) is 5.61. The van der Waals surface area contributed by atoms with Crippen molar-refractivity contribution in [2.45, 2.75) is 51.4 Å². The molecule has 1 heterocycles. The minimum atomic E-state index is -1.02. The van der Waals surface area contributed by atoms with Crippen LogP contribution < -0.4 is 4.74 Å². The highest BCUT2D eigenvalue weighted by atomic mass is 16.6. The molecule has 0 radical (unpaired) electrons. The quantitative estimate of drug-likeness (QED) is 0.462. The fourth-order valence-corrected chi connectivity index (χ4v) is 4.45. The number of hydrogen-bond donors (Lipinski definition) is 1. The van der Waals surface area contributed by atoms with Gasteiger partial charge >= 0.3 is 12.1 Å². The number of carboxylic acid groups (broad SMARTS) is 1. The number of nitrogens with zero attached hydrogens (tertiary/aromatic N) is 1. The number of amides is 1.